The predicted octanol–water partition coefficient (Wildman–Crippen LogP) is 3.98. The summed E-state index contributed by atoms with van der Waals surface area (Å²) in [6, 6.07) is 13.9. The van der Waals surface area contributed by atoms with Gasteiger partial charge in [0.15, 0.2) is 0 Å². The maximum absolute atomic E-state index is 12.4. The highest BCUT2D eigenvalue weighted by Crippen LogP contribution is 2.36. The highest BCUT2D eigenvalue weighted by molar-refractivity contribution is 5.93. The van der Waals surface area contributed by atoms with Crippen LogP contribution in [0.3, 0.4) is 0 Å². The third-order valence-electron chi connectivity index (χ3n) is 4.39. The van der Waals surface area contributed by atoms with E-state index in [2.05, 4.69) is 12.1 Å². The zero-order valence-corrected chi connectivity index (χ0v) is 12.8. The molecule has 1 aliphatic rings. The van der Waals surface area contributed by atoms with Crippen molar-refractivity contribution in [2.45, 2.75) is 37.7 Å². The Morgan fingerprint density at radius 2 is 1.74 bits per heavy atom. The lowest BCUT2D eigenvalue weighted by Crippen LogP contribution is -2.28. The lowest BCUT2D eigenvalue weighted by Gasteiger charge is -2.31. The van der Waals surface area contributed by atoms with Crippen molar-refractivity contribution in [3.8, 4) is 11.5 Å². The first kappa shape index (κ1) is 15.4. The Morgan fingerprint density at radius 1 is 1.00 bits per heavy atom. The summed E-state index contributed by atoms with van der Waals surface area (Å²) in [4.78, 5) is 12.4. The molecule has 120 valence electrons. The fraction of sp³-hybridized carbons (Fsp3) is 0.316. The topological polar surface area (TPSA) is 66.8 Å². The van der Waals surface area contributed by atoms with Crippen LogP contribution in [0.5, 0.6) is 11.5 Å². The fourth-order valence-electron chi connectivity index (χ4n) is 3.21. The number of hydrogen-bond acceptors (Lipinski definition) is 4. The van der Waals surface area contributed by atoms with Crippen molar-refractivity contribution < 1.29 is 19.7 Å². The van der Waals surface area contributed by atoms with Crippen LogP contribution in [0.1, 0.15) is 47.5 Å². The van der Waals surface area contributed by atoms with Crippen molar-refractivity contribution in [1.82, 2.24) is 0 Å². The molecule has 2 N–H and O–H groups in total. The van der Waals surface area contributed by atoms with Gasteiger partial charge < -0.3 is 14.9 Å². The molecule has 2 atom stereocenters. The van der Waals surface area contributed by atoms with Gasteiger partial charge >= 0.3 is 5.97 Å². The summed E-state index contributed by atoms with van der Waals surface area (Å²) in [6.45, 7) is 0. The van der Waals surface area contributed by atoms with Gasteiger partial charge in [0, 0.05) is 5.92 Å². The van der Waals surface area contributed by atoms with E-state index in [-0.39, 0.29) is 29.1 Å². The molecule has 3 rings (SSSR count). The van der Waals surface area contributed by atoms with E-state index in [1.165, 1.54) is 23.8 Å². The number of rotatable bonds is 3. The Hall–Kier alpha value is -2.49. The first-order valence-corrected chi connectivity index (χ1v) is 7.93. The van der Waals surface area contributed by atoms with Gasteiger partial charge in [-0.05, 0) is 43.0 Å². The van der Waals surface area contributed by atoms with Crippen LogP contribution in [0.15, 0.2) is 48.5 Å². The number of esters is 1. The van der Waals surface area contributed by atoms with E-state index in [1.807, 2.05) is 18.2 Å². The molecule has 0 aromatic heterocycles. The standard InChI is InChI=1S/C19H20O4/c20-14-10-11-17(21)16(12-14)19(22)23-18-9-5-4-8-15(18)13-6-2-1-3-7-13/h1-3,6-7,10-12,15,18,20-21H,4-5,8-9H2/t15-,18+/m1/s1. The van der Waals surface area contributed by atoms with Gasteiger partial charge in [-0.15, -0.1) is 0 Å². The zero-order chi connectivity index (χ0) is 16.2. The minimum Gasteiger partial charge on any atom is -0.508 e. The number of aromatic hydroxyl groups is 2. The van der Waals surface area contributed by atoms with Crippen LogP contribution in [0.2, 0.25) is 0 Å². The van der Waals surface area contributed by atoms with E-state index in [1.54, 1.807) is 0 Å². The number of hydrogen-bond donors (Lipinski definition) is 2. The number of benzene rings is 2. The molecule has 0 radical (unpaired) electrons. The summed E-state index contributed by atoms with van der Waals surface area (Å²) in [5.74, 6) is -0.669. The highest BCUT2D eigenvalue weighted by atomic mass is 16.5. The number of carbonyl (C=O) groups is 1. The van der Waals surface area contributed by atoms with Crippen molar-refractivity contribution in [2.75, 3.05) is 0 Å². The van der Waals surface area contributed by atoms with Gasteiger partial charge in [0.2, 0.25) is 0 Å². The Balaban J connectivity index is 1.79. The molecule has 2 aromatic rings. The largest absolute Gasteiger partial charge is 0.508 e. The van der Waals surface area contributed by atoms with Crippen LogP contribution >= 0.6 is 0 Å². The summed E-state index contributed by atoms with van der Waals surface area (Å²) in [5, 5.41) is 19.3. The molecule has 0 aliphatic heterocycles. The van der Waals surface area contributed by atoms with Gasteiger partial charge in [-0.3, -0.25) is 0 Å². The van der Waals surface area contributed by atoms with E-state index >= 15 is 0 Å². The van der Waals surface area contributed by atoms with E-state index in [0.29, 0.717) is 0 Å². The molecule has 0 saturated heterocycles. The van der Waals surface area contributed by atoms with Crippen LogP contribution in [-0.4, -0.2) is 22.3 Å². The quantitative estimate of drug-likeness (QED) is 0.664. The summed E-state index contributed by atoms with van der Waals surface area (Å²) in [5.41, 5.74) is 1.17. The van der Waals surface area contributed by atoms with Crippen LogP contribution < -0.4 is 0 Å². The molecular weight excluding hydrogens is 292 g/mol. The molecule has 4 nitrogen and oxygen atoms in total. The zero-order valence-electron chi connectivity index (χ0n) is 12.8. The maximum Gasteiger partial charge on any atom is 0.342 e. The van der Waals surface area contributed by atoms with E-state index in [9.17, 15) is 15.0 Å². The second kappa shape index (κ2) is 6.73. The molecule has 0 heterocycles. The van der Waals surface area contributed by atoms with Crippen molar-refractivity contribution in [3.05, 3.63) is 59.7 Å². The number of phenolic OH excluding ortho intramolecular Hbond substituents is 2. The molecule has 1 saturated carbocycles. The summed E-state index contributed by atoms with van der Waals surface area (Å²) in [7, 11) is 0. The van der Waals surface area contributed by atoms with E-state index < -0.39 is 5.97 Å². The number of ether oxygens (including phenoxy) is 1. The Labute approximate surface area is 135 Å². The molecule has 0 amide bonds. The van der Waals surface area contributed by atoms with E-state index in [4.69, 9.17) is 4.74 Å². The molecule has 23 heavy (non-hydrogen) atoms. The average molecular weight is 312 g/mol. The molecule has 0 bridgehead atoms. The lowest BCUT2D eigenvalue weighted by molar-refractivity contribution is 0.0139. The van der Waals surface area contributed by atoms with Crippen molar-refractivity contribution in [3.63, 3.8) is 0 Å². The molecular formula is C19H20O4. The van der Waals surface area contributed by atoms with Gasteiger partial charge in [0.05, 0.1) is 0 Å². The summed E-state index contributed by atoms with van der Waals surface area (Å²) < 4.78 is 5.67. The monoisotopic (exact) mass is 312 g/mol. The second-order valence-electron chi connectivity index (χ2n) is 5.95. The Kier molecular flexibility index (Phi) is 4.51. The minimum atomic E-state index is -0.591. The Bertz CT molecular complexity index is 681. The Morgan fingerprint density at radius 3 is 2.52 bits per heavy atom. The average Bonchev–Trinajstić information content (AvgIpc) is 2.58. The smallest absolute Gasteiger partial charge is 0.342 e. The maximum atomic E-state index is 12.4. The molecule has 1 fully saturated rings. The van der Waals surface area contributed by atoms with Crippen LogP contribution in [0.4, 0.5) is 0 Å². The SMILES string of the molecule is O=C(O[C@H]1CCCC[C@@H]1c1ccccc1)c1cc(O)ccc1O. The van der Waals surface area contributed by atoms with Crippen LogP contribution in [0, 0.1) is 0 Å². The number of carbonyl (C=O) groups excluding carboxylic acids is 1. The lowest BCUT2D eigenvalue weighted by atomic mass is 9.81. The van der Waals surface area contributed by atoms with Crippen molar-refractivity contribution in [1.29, 1.82) is 0 Å². The third kappa shape index (κ3) is 3.47. The van der Waals surface area contributed by atoms with Crippen LogP contribution in [0.25, 0.3) is 0 Å². The van der Waals surface area contributed by atoms with Crippen molar-refractivity contribution >= 4 is 5.97 Å². The molecule has 1 aliphatic carbocycles. The molecule has 0 spiro atoms. The normalized spacial score (nSPS) is 20.9. The summed E-state index contributed by atoms with van der Waals surface area (Å²) in [6.07, 6.45) is 3.72. The second-order valence-corrected chi connectivity index (χ2v) is 5.95. The van der Waals surface area contributed by atoms with Crippen molar-refractivity contribution in [2.24, 2.45) is 0 Å². The van der Waals surface area contributed by atoms with E-state index in [0.717, 1.165) is 25.7 Å². The predicted molar refractivity (Wildman–Crippen MR) is 86.6 cm³/mol. The van der Waals surface area contributed by atoms with Gasteiger partial charge in [0.1, 0.15) is 23.2 Å². The van der Waals surface area contributed by atoms with Gasteiger partial charge in [-0.1, -0.05) is 36.8 Å². The fourth-order valence-corrected chi connectivity index (χ4v) is 3.21. The molecule has 2 aromatic carbocycles. The van der Waals surface area contributed by atoms with Gasteiger partial charge in [-0.2, -0.15) is 0 Å². The molecule has 0 unspecified atom stereocenters. The van der Waals surface area contributed by atoms with Gasteiger partial charge in [-0.25, -0.2) is 4.79 Å². The first-order valence-electron chi connectivity index (χ1n) is 7.93. The molecule has 4 heteroatoms. The summed E-state index contributed by atoms with van der Waals surface area (Å²) >= 11 is 0. The van der Waals surface area contributed by atoms with Crippen LogP contribution in [-0.2, 0) is 4.74 Å². The number of phenols is 2. The first-order chi connectivity index (χ1) is 11.1. The van der Waals surface area contributed by atoms with Gasteiger partial charge in [0.25, 0.3) is 0 Å². The minimum absolute atomic E-state index is 0.00221. The third-order valence-corrected chi connectivity index (χ3v) is 4.39. The highest BCUT2D eigenvalue weighted by Gasteiger charge is 2.30.